The van der Waals surface area contributed by atoms with Gasteiger partial charge in [-0.25, -0.2) is 4.99 Å². The first-order chi connectivity index (χ1) is 11.3. The molecule has 2 N–H and O–H groups in total. The molecular formula is C15H26F3N5O. The van der Waals surface area contributed by atoms with Crippen LogP contribution in [-0.4, -0.2) is 48.7 Å². The van der Waals surface area contributed by atoms with Gasteiger partial charge in [0.2, 0.25) is 0 Å². The molecule has 0 radical (unpaired) electrons. The highest BCUT2D eigenvalue weighted by molar-refractivity contribution is 5.79. The molecule has 24 heavy (non-hydrogen) atoms. The second-order valence-corrected chi connectivity index (χ2v) is 5.35. The van der Waals surface area contributed by atoms with Crippen molar-refractivity contribution in [2.75, 3.05) is 26.8 Å². The fourth-order valence-electron chi connectivity index (χ4n) is 2.18. The number of aromatic nitrogens is 2. The number of aliphatic imine (C=N–C) groups is 1. The molecule has 1 rings (SSSR count). The highest BCUT2D eigenvalue weighted by Crippen LogP contribution is 2.18. The molecule has 0 spiro atoms. The van der Waals surface area contributed by atoms with Crippen LogP contribution in [0.15, 0.2) is 4.99 Å². The minimum absolute atomic E-state index is 0.208. The summed E-state index contributed by atoms with van der Waals surface area (Å²) in [6, 6.07) is 0. The Balaban J connectivity index is 2.73. The zero-order valence-electron chi connectivity index (χ0n) is 14.6. The van der Waals surface area contributed by atoms with E-state index in [4.69, 9.17) is 4.74 Å². The lowest BCUT2D eigenvalue weighted by molar-refractivity contribution is -0.132. The van der Waals surface area contributed by atoms with Gasteiger partial charge in [0.25, 0.3) is 0 Å². The third kappa shape index (κ3) is 6.77. The summed E-state index contributed by atoms with van der Waals surface area (Å²) in [5.41, 5.74) is 2.82. The maximum Gasteiger partial charge on any atom is 0.390 e. The van der Waals surface area contributed by atoms with Crippen molar-refractivity contribution in [3.05, 3.63) is 17.0 Å². The molecule has 0 saturated carbocycles. The molecule has 0 bridgehead atoms. The topological polar surface area (TPSA) is 63.5 Å². The van der Waals surface area contributed by atoms with Gasteiger partial charge >= 0.3 is 6.18 Å². The molecule has 0 aliphatic carbocycles. The zero-order valence-corrected chi connectivity index (χ0v) is 14.6. The number of hydrogen-bond donors (Lipinski definition) is 2. The van der Waals surface area contributed by atoms with Crippen molar-refractivity contribution in [2.24, 2.45) is 4.99 Å². The van der Waals surface area contributed by atoms with E-state index < -0.39 is 12.6 Å². The van der Waals surface area contributed by atoms with E-state index in [2.05, 4.69) is 20.7 Å². The molecule has 0 amide bonds. The summed E-state index contributed by atoms with van der Waals surface area (Å²) in [5.74, 6) is 0.366. The van der Waals surface area contributed by atoms with Crippen molar-refractivity contribution >= 4 is 5.96 Å². The van der Waals surface area contributed by atoms with E-state index in [1.807, 2.05) is 25.5 Å². The molecule has 0 aliphatic heterocycles. The molecular weight excluding hydrogens is 323 g/mol. The van der Waals surface area contributed by atoms with Crippen LogP contribution >= 0.6 is 0 Å². The predicted molar refractivity (Wildman–Crippen MR) is 87.1 cm³/mol. The number of nitrogens with one attached hydrogen (secondary N) is 2. The molecule has 0 saturated heterocycles. The van der Waals surface area contributed by atoms with Crippen LogP contribution in [0.4, 0.5) is 13.2 Å². The molecule has 0 aromatic carbocycles. The minimum Gasteiger partial charge on any atom is -0.383 e. The maximum absolute atomic E-state index is 12.2. The maximum atomic E-state index is 12.2. The Morgan fingerprint density at radius 1 is 1.29 bits per heavy atom. The Kier molecular flexibility index (Phi) is 8.03. The second kappa shape index (κ2) is 9.51. The summed E-state index contributed by atoms with van der Waals surface area (Å²) in [4.78, 5) is 4.36. The van der Waals surface area contributed by atoms with Gasteiger partial charge in [-0.1, -0.05) is 0 Å². The summed E-state index contributed by atoms with van der Waals surface area (Å²) < 4.78 is 43.6. The largest absolute Gasteiger partial charge is 0.390 e. The Hall–Kier alpha value is -1.77. The monoisotopic (exact) mass is 349 g/mol. The van der Waals surface area contributed by atoms with Gasteiger partial charge in [0.05, 0.1) is 31.8 Å². The third-order valence-corrected chi connectivity index (χ3v) is 3.48. The molecule has 9 heteroatoms. The highest BCUT2D eigenvalue weighted by Gasteiger charge is 2.26. The number of halogens is 3. The van der Waals surface area contributed by atoms with Gasteiger partial charge in [-0.05, 0) is 20.8 Å². The van der Waals surface area contributed by atoms with Gasteiger partial charge in [-0.15, -0.1) is 0 Å². The number of alkyl halides is 3. The Labute approximate surface area is 140 Å². The Bertz CT molecular complexity index is 540. The molecule has 0 aliphatic rings. The van der Waals surface area contributed by atoms with Gasteiger partial charge in [0, 0.05) is 31.5 Å². The summed E-state index contributed by atoms with van der Waals surface area (Å²) >= 11 is 0. The number of hydrogen-bond acceptors (Lipinski definition) is 3. The summed E-state index contributed by atoms with van der Waals surface area (Å²) in [5, 5.41) is 10.1. The van der Waals surface area contributed by atoms with E-state index in [-0.39, 0.29) is 6.54 Å². The van der Waals surface area contributed by atoms with E-state index in [0.717, 1.165) is 17.0 Å². The van der Waals surface area contributed by atoms with E-state index in [1.165, 1.54) is 0 Å². The second-order valence-electron chi connectivity index (χ2n) is 5.35. The van der Waals surface area contributed by atoms with Crippen LogP contribution < -0.4 is 10.6 Å². The van der Waals surface area contributed by atoms with Gasteiger partial charge < -0.3 is 15.4 Å². The molecule has 1 heterocycles. The third-order valence-electron chi connectivity index (χ3n) is 3.48. The molecule has 1 aromatic rings. The van der Waals surface area contributed by atoms with Crippen molar-refractivity contribution in [3.8, 4) is 0 Å². The fraction of sp³-hybridized carbons (Fsp3) is 0.733. The van der Waals surface area contributed by atoms with Gasteiger partial charge in [0.15, 0.2) is 5.96 Å². The Morgan fingerprint density at radius 3 is 2.58 bits per heavy atom. The number of ether oxygens (including phenoxy) is 1. The quantitative estimate of drug-likeness (QED) is 0.558. The van der Waals surface area contributed by atoms with Gasteiger partial charge in [-0.2, -0.15) is 18.3 Å². The van der Waals surface area contributed by atoms with Crippen LogP contribution in [-0.2, 0) is 17.8 Å². The van der Waals surface area contributed by atoms with E-state index >= 15 is 0 Å². The van der Waals surface area contributed by atoms with E-state index in [1.54, 1.807) is 7.11 Å². The fourth-order valence-corrected chi connectivity index (χ4v) is 2.18. The van der Waals surface area contributed by atoms with Crippen LogP contribution in [0.1, 0.15) is 30.3 Å². The van der Waals surface area contributed by atoms with Crippen LogP contribution in [0.25, 0.3) is 0 Å². The molecule has 138 valence electrons. The van der Waals surface area contributed by atoms with Gasteiger partial charge in [-0.3, -0.25) is 4.68 Å². The van der Waals surface area contributed by atoms with Crippen molar-refractivity contribution in [2.45, 2.75) is 46.5 Å². The van der Waals surface area contributed by atoms with Crippen LogP contribution in [0.3, 0.4) is 0 Å². The molecule has 0 atom stereocenters. The number of methoxy groups -OCH3 is 1. The number of guanidine groups is 1. The standard InChI is InChI=1S/C15H26F3N5O/c1-5-19-14(20-7-6-15(16,17)18)21-10-13-11(2)22-23(12(13)3)8-9-24-4/h5-10H2,1-4H3,(H2,19,20,21). The van der Waals surface area contributed by atoms with Crippen LogP contribution in [0.2, 0.25) is 0 Å². The van der Waals surface area contributed by atoms with Gasteiger partial charge in [0.1, 0.15) is 0 Å². The summed E-state index contributed by atoms with van der Waals surface area (Å²) in [7, 11) is 1.63. The zero-order chi connectivity index (χ0) is 18.2. The average molecular weight is 349 g/mol. The Morgan fingerprint density at radius 2 is 2.00 bits per heavy atom. The lowest BCUT2D eigenvalue weighted by Gasteiger charge is -2.12. The SMILES string of the molecule is CCNC(=NCc1c(C)nn(CCOC)c1C)NCCC(F)(F)F. The molecule has 1 aromatic heterocycles. The summed E-state index contributed by atoms with van der Waals surface area (Å²) in [6.45, 7) is 7.63. The van der Waals surface area contributed by atoms with Crippen LogP contribution in [0, 0.1) is 13.8 Å². The number of aryl methyl sites for hydroxylation is 1. The predicted octanol–water partition coefficient (Wildman–Crippen LogP) is 2.15. The lowest BCUT2D eigenvalue weighted by atomic mass is 10.2. The first-order valence-electron chi connectivity index (χ1n) is 7.89. The normalized spacial score (nSPS) is 12.5. The van der Waals surface area contributed by atoms with Crippen molar-refractivity contribution in [1.29, 1.82) is 0 Å². The van der Waals surface area contributed by atoms with Crippen molar-refractivity contribution in [1.82, 2.24) is 20.4 Å². The highest BCUT2D eigenvalue weighted by atomic mass is 19.4. The first-order valence-corrected chi connectivity index (χ1v) is 7.89. The first kappa shape index (κ1) is 20.3. The van der Waals surface area contributed by atoms with E-state index in [0.29, 0.717) is 32.2 Å². The molecule has 6 nitrogen and oxygen atoms in total. The lowest BCUT2D eigenvalue weighted by Crippen LogP contribution is -2.38. The minimum atomic E-state index is -4.18. The van der Waals surface area contributed by atoms with Crippen molar-refractivity contribution in [3.63, 3.8) is 0 Å². The van der Waals surface area contributed by atoms with E-state index in [9.17, 15) is 13.2 Å². The smallest absolute Gasteiger partial charge is 0.383 e. The molecule has 0 unspecified atom stereocenters. The van der Waals surface area contributed by atoms with Crippen LogP contribution in [0.5, 0.6) is 0 Å². The number of rotatable bonds is 8. The van der Waals surface area contributed by atoms with Crippen molar-refractivity contribution < 1.29 is 17.9 Å². The summed E-state index contributed by atoms with van der Waals surface area (Å²) in [6.07, 6.45) is -5.08. The molecule has 0 fully saturated rings. The number of nitrogens with zero attached hydrogens (tertiary/aromatic N) is 3. The average Bonchev–Trinajstić information content (AvgIpc) is 2.76.